The van der Waals surface area contributed by atoms with Gasteiger partial charge in [-0.1, -0.05) is 18.3 Å². The largest absolute Gasteiger partial charge is 0.495 e. The zero-order chi connectivity index (χ0) is 22.7. The average molecular weight is 453 g/mol. The van der Waals surface area contributed by atoms with Gasteiger partial charge in [-0.25, -0.2) is 4.98 Å². The van der Waals surface area contributed by atoms with E-state index in [1.807, 2.05) is 25.1 Å². The Morgan fingerprint density at radius 3 is 2.94 bits per heavy atom. The minimum atomic E-state index is -0.261. The van der Waals surface area contributed by atoms with Gasteiger partial charge in [-0.2, -0.15) is 0 Å². The molecule has 10 heteroatoms. The summed E-state index contributed by atoms with van der Waals surface area (Å²) in [5.41, 5.74) is 3.75. The van der Waals surface area contributed by atoms with E-state index in [2.05, 4.69) is 30.0 Å². The topological polar surface area (TPSA) is 108 Å². The number of aliphatic hydroxyl groups is 1. The summed E-state index contributed by atoms with van der Waals surface area (Å²) in [5.74, 6) is 1.09. The number of aliphatic hydroxyl groups excluding tert-OH is 1. The molecule has 1 aliphatic heterocycles. The van der Waals surface area contributed by atoms with Crippen LogP contribution in [0.3, 0.4) is 0 Å². The van der Waals surface area contributed by atoms with Crippen LogP contribution in [0.4, 0.5) is 17.2 Å². The summed E-state index contributed by atoms with van der Waals surface area (Å²) in [7, 11) is 1.62. The number of hydrogen-bond donors (Lipinski definition) is 3. The molecular formula is C22H24N6O3S. The minimum absolute atomic E-state index is 0.155. The molecule has 1 saturated heterocycles. The molecule has 9 nitrogen and oxygen atoms in total. The number of fused-ring (bicyclic) bond motifs is 1. The molecule has 2 aromatic heterocycles. The van der Waals surface area contributed by atoms with Gasteiger partial charge in [0.2, 0.25) is 5.91 Å². The van der Waals surface area contributed by atoms with Gasteiger partial charge in [0.05, 0.1) is 30.2 Å². The highest BCUT2D eigenvalue weighted by atomic mass is 32.2. The number of anilines is 2. The number of piperidine rings is 1. The first-order valence-electron chi connectivity index (χ1n) is 10.2. The first kappa shape index (κ1) is 21.9. The Labute approximate surface area is 190 Å². The quantitative estimate of drug-likeness (QED) is 0.388. The molecule has 1 amide bonds. The van der Waals surface area contributed by atoms with Gasteiger partial charge >= 0.3 is 0 Å². The van der Waals surface area contributed by atoms with Gasteiger partial charge in [-0.15, -0.1) is 4.98 Å². The molecule has 0 bridgehead atoms. The molecule has 1 fully saturated rings. The number of H-pyrrole nitrogens is 1. The third-order valence-corrected chi connectivity index (χ3v) is 6.30. The molecule has 0 spiro atoms. The lowest BCUT2D eigenvalue weighted by Crippen LogP contribution is -2.36. The van der Waals surface area contributed by atoms with Gasteiger partial charge in [-0.3, -0.25) is 4.79 Å². The fraction of sp³-hybridized carbons (Fsp3) is 0.364. The minimum Gasteiger partial charge on any atom is -0.495 e. The number of aromatic amines is 1. The van der Waals surface area contributed by atoms with Crippen LogP contribution in [0.5, 0.6) is 5.75 Å². The molecule has 32 heavy (non-hydrogen) atoms. The van der Waals surface area contributed by atoms with E-state index in [1.165, 1.54) is 11.8 Å². The van der Waals surface area contributed by atoms with Crippen molar-refractivity contribution in [2.75, 3.05) is 36.2 Å². The number of hydrogen-bond acceptors (Lipinski definition) is 7. The predicted octanol–water partition coefficient (Wildman–Crippen LogP) is 3.52. The number of aromatic nitrogens is 3. The van der Waals surface area contributed by atoms with E-state index in [0.717, 1.165) is 35.6 Å². The summed E-state index contributed by atoms with van der Waals surface area (Å²) in [5, 5.41) is 13.3. The van der Waals surface area contributed by atoms with Crippen LogP contribution in [0.25, 0.3) is 15.9 Å². The van der Waals surface area contributed by atoms with Crippen LogP contribution >= 0.6 is 11.8 Å². The average Bonchev–Trinajstić information content (AvgIpc) is 3.23. The second-order valence-electron chi connectivity index (χ2n) is 7.56. The Bertz CT molecular complexity index is 1180. The lowest BCUT2D eigenvalue weighted by Gasteiger charge is -2.32. The normalized spacial score (nSPS) is 14.4. The fourth-order valence-electron chi connectivity index (χ4n) is 3.71. The smallest absolute Gasteiger partial charge is 0.274 e. The lowest BCUT2D eigenvalue weighted by atomic mass is 10.1. The molecular weight excluding hydrogens is 428 g/mol. The van der Waals surface area contributed by atoms with Crippen LogP contribution in [0, 0.1) is 13.5 Å². The van der Waals surface area contributed by atoms with E-state index in [4.69, 9.17) is 11.3 Å². The highest BCUT2D eigenvalue weighted by molar-refractivity contribution is 7.99. The molecule has 0 aliphatic carbocycles. The predicted molar refractivity (Wildman–Crippen MR) is 125 cm³/mol. The van der Waals surface area contributed by atoms with Crippen molar-refractivity contribution in [3.8, 4) is 5.75 Å². The summed E-state index contributed by atoms with van der Waals surface area (Å²) in [6.45, 7) is 10.5. The highest BCUT2D eigenvalue weighted by Gasteiger charge is 2.20. The monoisotopic (exact) mass is 452 g/mol. The molecule has 0 unspecified atom stereocenters. The Balaban J connectivity index is 1.42. The number of rotatable bonds is 6. The SMILES string of the molecule is [C-]#[N+]c1ncc2[nH]c(SCC(=O)Nc3ccc(OC)c(N4CCC(O)CC4)c3)nc2c1C. The zero-order valence-electron chi connectivity index (χ0n) is 17.9. The molecule has 3 N–H and O–H groups in total. The van der Waals surface area contributed by atoms with Crippen LogP contribution in [0.2, 0.25) is 0 Å². The second kappa shape index (κ2) is 9.46. The number of methoxy groups -OCH3 is 1. The van der Waals surface area contributed by atoms with E-state index in [1.54, 1.807) is 13.3 Å². The molecule has 3 heterocycles. The van der Waals surface area contributed by atoms with Crippen LogP contribution in [-0.2, 0) is 4.79 Å². The maximum atomic E-state index is 12.5. The van der Waals surface area contributed by atoms with Crippen LogP contribution < -0.4 is 15.0 Å². The standard InChI is InChI=1S/C22H24N6O3S/c1-13-20-16(11-24-21(13)23-2)26-22(27-20)32-12-19(30)25-14-4-5-18(31-3)17(10-14)28-8-6-15(29)7-9-28/h4-5,10-11,15,29H,6-9,12H2,1,3H3,(H,25,30)(H,26,27). The van der Waals surface area contributed by atoms with Gasteiger partial charge in [0.15, 0.2) is 5.16 Å². The number of thioether (sulfide) groups is 1. The van der Waals surface area contributed by atoms with Gasteiger partial charge in [0.1, 0.15) is 17.5 Å². The third-order valence-electron chi connectivity index (χ3n) is 5.43. The van der Waals surface area contributed by atoms with Crippen molar-refractivity contribution in [1.82, 2.24) is 15.0 Å². The molecule has 0 atom stereocenters. The zero-order valence-corrected chi connectivity index (χ0v) is 18.7. The highest BCUT2D eigenvalue weighted by Crippen LogP contribution is 2.33. The van der Waals surface area contributed by atoms with E-state index in [0.29, 0.717) is 35.0 Å². The van der Waals surface area contributed by atoms with Gasteiger partial charge < -0.3 is 29.9 Å². The second-order valence-corrected chi connectivity index (χ2v) is 8.53. The van der Waals surface area contributed by atoms with Crippen molar-refractivity contribution in [2.45, 2.75) is 31.0 Å². The number of benzene rings is 1. The summed E-state index contributed by atoms with van der Waals surface area (Å²) in [6, 6.07) is 5.56. The third kappa shape index (κ3) is 4.64. The number of imidazole rings is 1. The summed E-state index contributed by atoms with van der Waals surface area (Å²) in [4.78, 5) is 29.9. The molecule has 4 rings (SSSR count). The van der Waals surface area contributed by atoms with Crippen molar-refractivity contribution in [1.29, 1.82) is 0 Å². The van der Waals surface area contributed by atoms with Gasteiger partial charge in [-0.05, 0) is 38.0 Å². The molecule has 0 saturated carbocycles. The van der Waals surface area contributed by atoms with Crippen molar-refractivity contribution in [2.24, 2.45) is 0 Å². The Kier molecular flexibility index (Phi) is 6.48. The molecule has 3 aromatic rings. The van der Waals surface area contributed by atoms with Crippen molar-refractivity contribution in [3.05, 3.63) is 41.4 Å². The summed E-state index contributed by atoms with van der Waals surface area (Å²) < 4.78 is 5.49. The van der Waals surface area contributed by atoms with E-state index >= 15 is 0 Å². The Morgan fingerprint density at radius 2 is 2.22 bits per heavy atom. The van der Waals surface area contributed by atoms with Crippen molar-refractivity contribution in [3.63, 3.8) is 0 Å². The van der Waals surface area contributed by atoms with Crippen LogP contribution in [0.15, 0.2) is 29.6 Å². The number of amides is 1. The summed E-state index contributed by atoms with van der Waals surface area (Å²) in [6.07, 6.45) is 2.74. The number of ether oxygens (including phenoxy) is 1. The first-order chi connectivity index (χ1) is 15.5. The molecule has 0 radical (unpaired) electrons. The lowest BCUT2D eigenvalue weighted by molar-refractivity contribution is -0.113. The van der Waals surface area contributed by atoms with Crippen LogP contribution in [0.1, 0.15) is 18.4 Å². The number of carbonyl (C=O) groups excluding carboxylic acids is 1. The number of aryl methyl sites for hydroxylation is 1. The number of nitrogens with zero attached hydrogens (tertiary/aromatic N) is 4. The Hall–Kier alpha value is -3.29. The van der Waals surface area contributed by atoms with E-state index in [-0.39, 0.29) is 17.8 Å². The number of pyridine rings is 1. The van der Waals surface area contributed by atoms with E-state index in [9.17, 15) is 9.90 Å². The van der Waals surface area contributed by atoms with Crippen LogP contribution in [-0.4, -0.2) is 58.0 Å². The maximum absolute atomic E-state index is 12.5. The molecule has 166 valence electrons. The first-order valence-corrected chi connectivity index (χ1v) is 11.2. The fourth-order valence-corrected chi connectivity index (χ4v) is 4.38. The van der Waals surface area contributed by atoms with Gasteiger partial charge in [0, 0.05) is 24.3 Å². The van der Waals surface area contributed by atoms with Gasteiger partial charge in [0.25, 0.3) is 5.82 Å². The number of nitrogens with one attached hydrogen (secondary N) is 2. The van der Waals surface area contributed by atoms with Crippen molar-refractivity contribution < 1.29 is 14.6 Å². The molecule has 1 aromatic carbocycles. The summed E-state index contributed by atoms with van der Waals surface area (Å²) >= 11 is 1.29. The Morgan fingerprint density at radius 1 is 1.44 bits per heavy atom. The van der Waals surface area contributed by atoms with E-state index < -0.39 is 0 Å². The van der Waals surface area contributed by atoms with Crippen molar-refractivity contribution >= 4 is 45.9 Å². The molecule has 1 aliphatic rings. The maximum Gasteiger partial charge on any atom is 0.274 e. The number of carbonyl (C=O) groups is 1.